The lowest BCUT2D eigenvalue weighted by molar-refractivity contribution is 0.0864. The summed E-state index contributed by atoms with van der Waals surface area (Å²) < 4.78 is 27.7. The van der Waals surface area contributed by atoms with Crippen molar-refractivity contribution in [2.75, 3.05) is 19.3 Å². The molecule has 1 aliphatic heterocycles. The summed E-state index contributed by atoms with van der Waals surface area (Å²) in [5, 5.41) is 3.67. The number of nitrogens with zero attached hydrogens (tertiary/aromatic N) is 1. The molecule has 2 aliphatic rings. The standard InChI is InChI=1S/C19H26N2O2S2/c1-25(22,23)20-18-7-4-8-19(18)9-11-21(12-10-19)13-15-14-24-17-6-3-2-5-16(15)17/h2-3,5-6,14,18,20H,4,7-13H2,1H3. The largest absolute Gasteiger partial charge is 0.299 e. The first-order valence-electron chi connectivity index (χ1n) is 9.10. The maximum absolute atomic E-state index is 11.7. The average molecular weight is 379 g/mol. The van der Waals surface area contributed by atoms with Crippen molar-refractivity contribution in [3.05, 3.63) is 35.2 Å². The Morgan fingerprint density at radius 3 is 2.76 bits per heavy atom. The summed E-state index contributed by atoms with van der Waals surface area (Å²) in [6, 6.07) is 8.75. The first kappa shape index (κ1) is 17.5. The van der Waals surface area contributed by atoms with Gasteiger partial charge in [-0.05, 0) is 66.6 Å². The van der Waals surface area contributed by atoms with Gasteiger partial charge in [0.25, 0.3) is 0 Å². The zero-order valence-corrected chi connectivity index (χ0v) is 16.3. The predicted molar refractivity (Wildman–Crippen MR) is 104 cm³/mol. The third kappa shape index (κ3) is 3.63. The third-order valence-corrected chi connectivity index (χ3v) is 7.79. The highest BCUT2D eigenvalue weighted by Crippen LogP contribution is 2.47. The number of fused-ring (bicyclic) bond motifs is 1. The van der Waals surface area contributed by atoms with Gasteiger partial charge in [-0.3, -0.25) is 4.90 Å². The molecule has 2 fully saturated rings. The summed E-state index contributed by atoms with van der Waals surface area (Å²) in [6.07, 6.45) is 6.78. The molecule has 1 spiro atoms. The van der Waals surface area contributed by atoms with Gasteiger partial charge in [-0.15, -0.1) is 11.3 Å². The van der Waals surface area contributed by atoms with E-state index in [1.54, 1.807) is 0 Å². The van der Waals surface area contributed by atoms with E-state index in [1.165, 1.54) is 21.9 Å². The summed E-state index contributed by atoms with van der Waals surface area (Å²) in [6.45, 7) is 3.13. The molecule has 0 bridgehead atoms. The molecule has 1 saturated carbocycles. The van der Waals surface area contributed by atoms with Crippen LogP contribution in [-0.4, -0.2) is 38.7 Å². The normalized spacial score (nSPS) is 24.3. The van der Waals surface area contributed by atoms with Gasteiger partial charge in [0.2, 0.25) is 10.0 Å². The van der Waals surface area contributed by atoms with E-state index in [0.717, 1.165) is 51.7 Å². The van der Waals surface area contributed by atoms with Gasteiger partial charge in [0, 0.05) is 17.3 Å². The fourth-order valence-electron chi connectivity index (χ4n) is 4.73. The van der Waals surface area contributed by atoms with Crippen molar-refractivity contribution >= 4 is 31.4 Å². The van der Waals surface area contributed by atoms with Crippen molar-refractivity contribution in [3.8, 4) is 0 Å². The lowest BCUT2D eigenvalue weighted by Gasteiger charge is -2.43. The van der Waals surface area contributed by atoms with Gasteiger partial charge in [-0.1, -0.05) is 24.6 Å². The molecule has 1 saturated heterocycles. The number of benzene rings is 1. The molecular weight excluding hydrogens is 352 g/mol. The van der Waals surface area contributed by atoms with E-state index < -0.39 is 10.0 Å². The summed E-state index contributed by atoms with van der Waals surface area (Å²) in [7, 11) is -3.12. The van der Waals surface area contributed by atoms with Crippen molar-refractivity contribution in [3.63, 3.8) is 0 Å². The zero-order chi connectivity index (χ0) is 17.5. The van der Waals surface area contributed by atoms with E-state index in [2.05, 4.69) is 39.3 Å². The number of piperidine rings is 1. The highest BCUT2D eigenvalue weighted by atomic mass is 32.2. The molecule has 4 nitrogen and oxygen atoms in total. The Hall–Kier alpha value is -0.950. The Labute approximate surface area is 154 Å². The lowest BCUT2D eigenvalue weighted by Crippen LogP contribution is -2.49. The molecule has 1 aromatic carbocycles. The molecule has 1 aliphatic carbocycles. The smallest absolute Gasteiger partial charge is 0.208 e. The van der Waals surface area contributed by atoms with Gasteiger partial charge in [0.15, 0.2) is 0 Å². The fourth-order valence-corrected chi connectivity index (χ4v) is 6.57. The minimum atomic E-state index is -3.12. The second-order valence-electron chi connectivity index (χ2n) is 7.73. The van der Waals surface area contributed by atoms with Crippen LogP contribution in [0.25, 0.3) is 10.1 Å². The van der Waals surface area contributed by atoms with E-state index in [1.807, 2.05) is 11.3 Å². The highest BCUT2D eigenvalue weighted by molar-refractivity contribution is 7.88. The molecule has 2 heterocycles. The van der Waals surface area contributed by atoms with Crippen LogP contribution in [0.5, 0.6) is 0 Å². The Kier molecular flexibility index (Phi) is 4.65. The topological polar surface area (TPSA) is 49.4 Å². The molecule has 4 rings (SSSR count). The van der Waals surface area contributed by atoms with Gasteiger partial charge in [-0.25, -0.2) is 13.1 Å². The van der Waals surface area contributed by atoms with Crippen LogP contribution in [0.1, 0.15) is 37.7 Å². The molecular formula is C19H26N2O2S2. The van der Waals surface area contributed by atoms with Crippen molar-refractivity contribution in [2.24, 2.45) is 5.41 Å². The van der Waals surface area contributed by atoms with Crippen molar-refractivity contribution in [1.29, 1.82) is 0 Å². The second kappa shape index (κ2) is 6.65. The molecule has 1 unspecified atom stereocenters. The molecule has 6 heteroatoms. The van der Waals surface area contributed by atoms with E-state index in [9.17, 15) is 8.42 Å². The van der Waals surface area contributed by atoms with E-state index in [-0.39, 0.29) is 11.5 Å². The van der Waals surface area contributed by atoms with Gasteiger partial charge in [0.05, 0.1) is 6.26 Å². The van der Waals surface area contributed by atoms with Crippen LogP contribution in [-0.2, 0) is 16.6 Å². The fraction of sp³-hybridized carbons (Fsp3) is 0.579. The number of hydrogen-bond acceptors (Lipinski definition) is 4. The Morgan fingerprint density at radius 1 is 1.24 bits per heavy atom. The van der Waals surface area contributed by atoms with Crippen LogP contribution in [0.3, 0.4) is 0 Å². The maximum atomic E-state index is 11.7. The zero-order valence-electron chi connectivity index (χ0n) is 14.7. The molecule has 1 atom stereocenters. The van der Waals surface area contributed by atoms with Gasteiger partial charge < -0.3 is 0 Å². The number of thiophene rings is 1. The van der Waals surface area contributed by atoms with Gasteiger partial charge in [0.1, 0.15) is 0 Å². The molecule has 1 aromatic heterocycles. The molecule has 2 aromatic rings. The molecule has 1 N–H and O–H groups in total. The summed E-state index contributed by atoms with van der Waals surface area (Å²) in [5.41, 5.74) is 1.60. The summed E-state index contributed by atoms with van der Waals surface area (Å²) in [4.78, 5) is 2.54. The minimum absolute atomic E-state index is 0.131. The number of rotatable bonds is 4. The van der Waals surface area contributed by atoms with Crippen LogP contribution in [0, 0.1) is 5.41 Å². The second-order valence-corrected chi connectivity index (χ2v) is 10.4. The van der Waals surface area contributed by atoms with Gasteiger partial charge in [-0.2, -0.15) is 0 Å². The monoisotopic (exact) mass is 378 g/mol. The number of sulfonamides is 1. The van der Waals surface area contributed by atoms with Crippen molar-refractivity contribution < 1.29 is 8.42 Å². The average Bonchev–Trinajstić information content (AvgIpc) is 3.14. The third-order valence-electron chi connectivity index (χ3n) is 6.07. The molecule has 25 heavy (non-hydrogen) atoms. The van der Waals surface area contributed by atoms with Crippen LogP contribution in [0.15, 0.2) is 29.6 Å². The van der Waals surface area contributed by atoms with E-state index in [4.69, 9.17) is 0 Å². The number of hydrogen-bond donors (Lipinski definition) is 1. The highest BCUT2D eigenvalue weighted by Gasteiger charge is 2.45. The van der Waals surface area contributed by atoms with Crippen LogP contribution >= 0.6 is 11.3 Å². The summed E-state index contributed by atoms with van der Waals surface area (Å²) in [5.74, 6) is 0. The molecule has 0 amide bonds. The first-order valence-corrected chi connectivity index (χ1v) is 11.9. The Bertz CT molecular complexity index is 851. The Balaban J connectivity index is 1.43. The number of nitrogens with one attached hydrogen (secondary N) is 1. The van der Waals surface area contributed by atoms with E-state index >= 15 is 0 Å². The van der Waals surface area contributed by atoms with Crippen LogP contribution in [0.2, 0.25) is 0 Å². The van der Waals surface area contributed by atoms with Crippen LogP contribution in [0.4, 0.5) is 0 Å². The minimum Gasteiger partial charge on any atom is -0.299 e. The maximum Gasteiger partial charge on any atom is 0.208 e. The van der Waals surface area contributed by atoms with Gasteiger partial charge >= 0.3 is 0 Å². The number of likely N-dealkylation sites (tertiary alicyclic amines) is 1. The quantitative estimate of drug-likeness (QED) is 0.885. The first-order chi connectivity index (χ1) is 12.0. The van der Waals surface area contributed by atoms with Crippen LogP contribution < -0.4 is 4.72 Å². The molecule has 136 valence electrons. The van der Waals surface area contributed by atoms with Crippen molar-refractivity contribution in [2.45, 2.75) is 44.7 Å². The Morgan fingerprint density at radius 2 is 2.00 bits per heavy atom. The predicted octanol–water partition coefficient (Wildman–Crippen LogP) is 3.59. The van der Waals surface area contributed by atoms with Crippen molar-refractivity contribution in [1.82, 2.24) is 9.62 Å². The summed E-state index contributed by atoms with van der Waals surface area (Å²) >= 11 is 1.82. The van der Waals surface area contributed by atoms with E-state index in [0.29, 0.717) is 0 Å². The lowest BCUT2D eigenvalue weighted by atomic mass is 9.74. The molecule has 0 radical (unpaired) electrons. The SMILES string of the molecule is CS(=O)(=O)NC1CCCC12CCN(Cc1csc3ccccc13)CC2.